The van der Waals surface area contributed by atoms with E-state index in [0.29, 0.717) is 11.4 Å². The van der Waals surface area contributed by atoms with Gasteiger partial charge in [-0.1, -0.05) is 6.08 Å². The highest BCUT2D eigenvalue weighted by molar-refractivity contribution is 6.17. The molecule has 3 aliphatic rings. The van der Waals surface area contributed by atoms with E-state index in [-0.39, 0.29) is 5.91 Å². The molecule has 0 saturated carbocycles. The molecule has 1 amide bonds. The minimum atomic E-state index is -0.407. The average Bonchev–Trinajstić information content (AvgIpc) is 2.76. The van der Waals surface area contributed by atoms with Crippen molar-refractivity contribution in [3.63, 3.8) is 0 Å². The van der Waals surface area contributed by atoms with Crippen molar-refractivity contribution in [3.8, 4) is 0 Å². The molecule has 0 fully saturated rings. The molecule has 5 heteroatoms. The summed E-state index contributed by atoms with van der Waals surface area (Å²) in [5, 5.41) is 9.91. The van der Waals surface area contributed by atoms with Crippen LogP contribution in [0.3, 0.4) is 0 Å². The third kappa shape index (κ3) is 1.66. The molecule has 2 heterocycles. The summed E-state index contributed by atoms with van der Waals surface area (Å²) in [4.78, 5) is 19.6. The lowest BCUT2D eigenvalue weighted by atomic mass is 9.93. The number of aliphatic imine (C=N–C) groups is 2. The minimum absolute atomic E-state index is 0.216. The fraction of sp³-hybridized carbons (Fsp3) is 0.0769. The maximum atomic E-state index is 11.5. The molecule has 88 valence electrons. The standard InChI is InChI=1S/C13H10N3O2/c17-13-10-7-12-11(6-9(10)8-15-13)14-4-2-1-3-5-16(12)18/h1-8,10,18H/q+1. The van der Waals surface area contributed by atoms with E-state index in [4.69, 9.17) is 0 Å². The van der Waals surface area contributed by atoms with Crippen molar-refractivity contribution in [3.05, 3.63) is 47.9 Å². The van der Waals surface area contributed by atoms with E-state index in [9.17, 15) is 10.0 Å². The lowest BCUT2D eigenvalue weighted by Crippen LogP contribution is -2.22. The van der Waals surface area contributed by atoms with Crippen LogP contribution in [0, 0.1) is 5.92 Å². The van der Waals surface area contributed by atoms with Gasteiger partial charge in [-0.15, -0.1) is 0 Å². The van der Waals surface area contributed by atoms with Crippen LogP contribution < -0.4 is 0 Å². The van der Waals surface area contributed by atoms with Crippen LogP contribution in [0.5, 0.6) is 0 Å². The predicted octanol–water partition coefficient (Wildman–Crippen LogP) is 1.03. The number of carbonyl (C=O) groups is 1. The van der Waals surface area contributed by atoms with E-state index in [1.807, 2.05) is 0 Å². The molecule has 5 nitrogen and oxygen atoms in total. The van der Waals surface area contributed by atoms with Crippen LogP contribution in [0.2, 0.25) is 0 Å². The Morgan fingerprint density at radius 1 is 1.28 bits per heavy atom. The number of carbonyl (C=O) groups excluding carboxylic acids is 1. The lowest BCUT2D eigenvalue weighted by molar-refractivity contribution is -0.729. The Morgan fingerprint density at radius 3 is 3.06 bits per heavy atom. The topological polar surface area (TPSA) is 65.0 Å². The maximum absolute atomic E-state index is 11.5. The summed E-state index contributed by atoms with van der Waals surface area (Å²) >= 11 is 0. The van der Waals surface area contributed by atoms with E-state index in [0.717, 1.165) is 10.3 Å². The quantitative estimate of drug-likeness (QED) is 0.507. The summed E-state index contributed by atoms with van der Waals surface area (Å²) in [5.74, 6) is -0.622. The van der Waals surface area contributed by atoms with Gasteiger partial charge in [0.2, 0.25) is 6.21 Å². The Bertz CT molecular complexity index is 631. The van der Waals surface area contributed by atoms with Crippen LogP contribution in [0.25, 0.3) is 0 Å². The largest absolute Gasteiger partial charge is 0.284 e. The van der Waals surface area contributed by atoms with Crippen LogP contribution >= 0.6 is 0 Å². The van der Waals surface area contributed by atoms with Gasteiger partial charge in [0.25, 0.3) is 11.6 Å². The highest BCUT2D eigenvalue weighted by atomic mass is 16.5. The van der Waals surface area contributed by atoms with E-state index < -0.39 is 5.92 Å². The fourth-order valence-electron chi connectivity index (χ4n) is 1.96. The zero-order chi connectivity index (χ0) is 12.5. The smallest absolute Gasteiger partial charge is 0.279 e. The Balaban J connectivity index is 2.14. The van der Waals surface area contributed by atoms with Gasteiger partial charge in [-0.25, -0.2) is 9.98 Å². The van der Waals surface area contributed by atoms with Crippen molar-refractivity contribution in [1.82, 2.24) is 0 Å². The molecule has 0 saturated heterocycles. The molecule has 1 unspecified atom stereocenters. The third-order valence-corrected chi connectivity index (χ3v) is 2.85. The summed E-state index contributed by atoms with van der Waals surface area (Å²) in [6, 6.07) is 0. The van der Waals surface area contributed by atoms with E-state index in [2.05, 4.69) is 9.98 Å². The van der Waals surface area contributed by atoms with Gasteiger partial charge in [-0.3, -0.25) is 10.0 Å². The third-order valence-electron chi connectivity index (χ3n) is 2.85. The fourth-order valence-corrected chi connectivity index (χ4v) is 1.96. The lowest BCUT2D eigenvalue weighted by Gasteiger charge is -2.10. The molecule has 0 radical (unpaired) electrons. The molecule has 0 aromatic carbocycles. The van der Waals surface area contributed by atoms with Crippen molar-refractivity contribution in [2.75, 3.05) is 0 Å². The number of amides is 1. The van der Waals surface area contributed by atoms with Gasteiger partial charge < -0.3 is 0 Å². The zero-order valence-corrected chi connectivity index (χ0v) is 9.39. The monoisotopic (exact) mass is 240 g/mol. The van der Waals surface area contributed by atoms with E-state index in [1.54, 1.807) is 42.8 Å². The molecule has 0 bridgehead atoms. The van der Waals surface area contributed by atoms with E-state index >= 15 is 0 Å². The van der Waals surface area contributed by atoms with Gasteiger partial charge in [0.05, 0.1) is 5.92 Å². The number of hydrogen-bond donors (Lipinski definition) is 1. The van der Waals surface area contributed by atoms with Gasteiger partial charge in [0.1, 0.15) is 5.71 Å². The Hall–Kier alpha value is -2.56. The first kappa shape index (κ1) is 10.6. The molecule has 1 atom stereocenters. The van der Waals surface area contributed by atoms with Gasteiger partial charge in [-0.05, 0) is 17.7 Å². The van der Waals surface area contributed by atoms with Crippen LogP contribution in [-0.4, -0.2) is 34.0 Å². The average molecular weight is 240 g/mol. The number of rotatable bonds is 0. The number of hydrogen-bond acceptors (Lipinski definition) is 3. The SMILES string of the molecule is O=C1N=CC2=CC3=NC=CC=CC=[N+](O)C3=CC12. The van der Waals surface area contributed by atoms with Crippen LogP contribution in [0.1, 0.15) is 0 Å². The second-order valence-corrected chi connectivity index (χ2v) is 4.00. The first-order chi connectivity index (χ1) is 8.75. The van der Waals surface area contributed by atoms with Crippen molar-refractivity contribution < 1.29 is 14.7 Å². The zero-order valence-electron chi connectivity index (χ0n) is 9.39. The predicted molar refractivity (Wildman–Crippen MR) is 67.0 cm³/mol. The molecule has 18 heavy (non-hydrogen) atoms. The molecule has 1 aliphatic carbocycles. The highest BCUT2D eigenvalue weighted by Gasteiger charge is 2.34. The van der Waals surface area contributed by atoms with E-state index in [1.165, 1.54) is 6.21 Å². The molecule has 0 aromatic rings. The number of allylic oxidation sites excluding steroid dienone is 4. The molecule has 0 aromatic heterocycles. The molecular weight excluding hydrogens is 230 g/mol. The Labute approximate surface area is 103 Å². The van der Waals surface area contributed by atoms with Crippen molar-refractivity contribution in [2.24, 2.45) is 15.9 Å². The second kappa shape index (κ2) is 4.03. The molecule has 2 aliphatic heterocycles. The highest BCUT2D eigenvalue weighted by Crippen LogP contribution is 2.26. The maximum Gasteiger partial charge on any atom is 0.279 e. The Morgan fingerprint density at radius 2 is 2.17 bits per heavy atom. The van der Waals surface area contributed by atoms with Gasteiger partial charge >= 0.3 is 0 Å². The van der Waals surface area contributed by atoms with Gasteiger partial charge in [0.15, 0.2) is 0 Å². The van der Waals surface area contributed by atoms with Crippen molar-refractivity contribution in [1.29, 1.82) is 0 Å². The molecule has 1 N–H and O–H groups in total. The molecule has 3 rings (SSSR count). The van der Waals surface area contributed by atoms with Crippen molar-refractivity contribution in [2.45, 2.75) is 0 Å². The van der Waals surface area contributed by atoms with Gasteiger partial charge in [0, 0.05) is 29.3 Å². The van der Waals surface area contributed by atoms with Crippen LogP contribution in [0.4, 0.5) is 0 Å². The first-order valence-corrected chi connectivity index (χ1v) is 5.50. The number of hydroxylamine groups is 1. The van der Waals surface area contributed by atoms with Crippen molar-refractivity contribution >= 4 is 24.0 Å². The Kier molecular flexibility index (Phi) is 2.37. The number of nitrogens with zero attached hydrogens (tertiary/aromatic N) is 3. The number of fused-ring (bicyclic) bond motifs is 2. The normalized spacial score (nSPS) is 25.1. The van der Waals surface area contributed by atoms with Crippen LogP contribution in [0.15, 0.2) is 57.8 Å². The molecule has 0 spiro atoms. The summed E-state index contributed by atoms with van der Waals surface area (Å²) in [5.41, 5.74) is 1.89. The second-order valence-electron chi connectivity index (χ2n) is 4.00. The summed E-state index contributed by atoms with van der Waals surface area (Å²) in [6.45, 7) is 0. The summed E-state index contributed by atoms with van der Waals surface area (Å²) in [7, 11) is 0. The summed E-state index contributed by atoms with van der Waals surface area (Å²) in [6.07, 6.45) is 13.3. The van der Waals surface area contributed by atoms with Crippen LogP contribution in [-0.2, 0) is 4.79 Å². The molecular formula is C13H10N3O2+. The van der Waals surface area contributed by atoms with Gasteiger partial charge in [-0.2, -0.15) is 0 Å². The first-order valence-electron chi connectivity index (χ1n) is 5.50. The summed E-state index contributed by atoms with van der Waals surface area (Å²) < 4.78 is 0.960. The minimum Gasteiger partial charge on any atom is -0.284 e.